The lowest BCUT2D eigenvalue weighted by atomic mass is 10.3. The van der Waals surface area contributed by atoms with Crippen LogP contribution in [0, 0.1) is 0 Å². The number of ether oxygens (including phenoxy) is 2. The molecule has 8 nitrogen and oxygen atoms in total. The molecule has 4 heterocycles. The lowest BCUT2D eigenvalue weighted by Crippen LogP contribution is -2.37. The Morgan fingerprint density at radius 3 is 2.23 bits per heavy atom. The monoisotopic (exact) mass is 305 g/mol. The topological polar surface area (TPSA) is 89.9 Å². The van der Waals surface area contributed by atoms with Gasteiger partial charge in [-0.15, -0.1) is 0 Å². The second-order valence-electron chi connectivity index (χ2n) is 5.42. The summed E-state index contributed by atoms with van der Waals surface area (Å²) in [6, 6.07) is 2.40. The molecule has 2 aliphatic heterocycles. The number of morpholine rings is 2. The summed E-state index contributed by atoms with van der Waals surface area (Å²) in [6.45, 7) is 5.89. The average molecular weight is 305 g/mol. The van der Waals surface area contributed by atoms with Gasteiger partial charge >= 0.3 is 0 Å². The number of aromatic nitrogens is 2. The van der Waals surface area contributed by atoms with Crippen molar-refractivity contribution in [1.29, 1.82) is 0 Å². The fourth-order valence-electron chi connectivity index (χ4n) is 2.78. The Kier molecular flexibility index (Phi) is 3.47. The maximum atomic E-state index is 6.14. The highest BCUT2D eigenvalue weighted by molar-refractivity contribution is 5.80. The number of oxazole rings is 1. The molecule has 2 aliphatic rings. The van der Waals surface area contributed by atoms with E-state index < -0.39 is 0 Å². The van der Waals surface area contributed by atoms with Gasteiger partial charge in [-0.1, -0.05) is 0 Å². The van der Waals surface area contributed by atoms with Crippen LogP contribution in [0.15, 0.2) is 10.5 Å². The van der Waals surface area contributed by atoms with E-state index in [0.717, 1.165) is 32.0 Å². The highest BCUT2D eigenvalue weighted by Crippen LogP contribution is 2.29. The van der Waals surface area contributed by atoms with Gasteiger partial charge in [-0.3, -0.25) is 0 Å². The van der Waals surface area contributed by atoms with Gasteiger partial charge in [-0.2, -0.15) is 4.98 Å². The third kappa shape index (κ3) is 2.44. The molecule has 2 fully saturated rings. The second-order valence-corrected chi connectivity index (χ2v) is 5.42. The van der Waals surface area contributed by atoms with Gasteiger partial charge in [0.1, 0.15) is 0 Å². The largest absolute Gasteiger partial charge is 0.422 e. The summed E-state index contributed by atoms with van der Waals surface area (Å²) in [5.41, 5.74) is 7.97. The van der Waals surface area contributed by atoms with Gasteiger partial charge in [0.15, 0.2) is 11.4 Å². The summed E-state index contributed by atoms with van der Waals surface area (Å²) in [5.74, 6) is 0.762. The zero-order chi connectivity index (χ0) is 14.9. The number of pyridine rings is 1. The highest BCUT2D eigenvalue weighted by Gasteiger charge is 2.21. The van der Waals surface area contributed by atoms with Crippen LogP contribution in [0.3, 0.4) is 0 Å². The van der Waals surface area contributed by atoms with Gasteiger partial charge in [0.25, 0.3) is 6.01 Å². The molecule has 0 radical (unpaired) electrons. The molecule has 22 heavy (non-hydrogen) atoms. The van der Waals surface area contributed by atoms with Crippen molar-refractivity contribution < 1.29 is 13.9 Å². The molecule has 0 atom stereocenters. The number of hydrogen-bond acceptors (Lipinski definition) is 8. The van der Waals surface area contributed by atoms with E-state index in [-0.39, 0.29) is 0 Å². The first-order valence-corrected chi connectivity index (χ1v) is 7.54. The summed E-state index contributed by atoms with van der Waals surface area (Å²) in [7, 11) is 0. The minimum absolute atomic E-state index is 0.587. The maximum Gasteiger partial charge on any atom is 0.300 e. The number of rotatable bonds is 2. The number of fused-ring (bicyclic) bond motifs is 1. The Hall–Kier alpha value is -2.06. The quantitative estimate of drug-likeness (QED) is 0.857. The molecule has 4 rings (SSSR count). The van der Waals surface area contributed by atoms with Crippen molar-refractivity contribution >= 4 is 28.8 Å². The Labute approximate surface area is 127 Å². The van der Waals surface area contributed by atoms with Gasteiger partial charge in [-0.05, 0) is 0 Å². The molecule has 0 aliphatic carbocycles. The van der Waals surface area contributed by atoms with Crippen molar-refractivity contribution in [2.24, 2.45) is 0 Å². The van der Waals surface area contributed by atoms with Crippen LogP contribution < -0.4 is 15.5 Å². The molecule has 118 valence electrons. The van der Waals surface area contributed by atoms with Gasteiger partial charge in [0, 0.05) is 32.2 Å². The molecule has 2 saturated heterocycles. The van der Waals surface area contributed by atoms with E-state index in [4.69, 9.17) is 19.6 Å². The Morgan fingerprint density at radius 2 is 1.55 bits per heavy atom. The van der Waals surface area contributed by atoms with Crippen LogP contribution in [0.25, 0.3) is 11.2 Å². The van der Waals surface area contributed by atoms with Crippen LogP contribution in [-0.2, 0) is 9.47 Å². The maximum absolute atomic E-state index is 6.14. The predicted molar refractivity (Wildman–Crippen MR) is 82.3 cm³/mol. The zero-order valence-corrected chi connectivity index (χ0v) is 12.3. The number of nitrogens with zero attached hydrogens (tertiary/aromatic N) is 4. The summed E-state index contributed by atoms with van der Waals surface area (Å²) < 4.78 is 16.5. The third-order valence-corrected chi connectivity index (χ3v) is 3.97. The lowest BCUT2D eigenvalue weighted by Gasteiger charge is -2.28. The van der Waals surface area contributed by atoms with Gasteiger partial charge in [-0.25, -0.2) is 4.98 Å². The van der Waals surface area contributed by atoms with Crippen LogP contribution in [0.5, 0.6) is 0 Å². The second kappa shape index (κ2) is 5.62. The van der Waals surface area contributed by atoms with Crippen molar-refractivity contribution in [2.45, 2.75) is 0 Å². The SMILES string of the molecule is Nc1cc2oc(N3CCOCC3)nc2nc1N1CCOCC1. The molecule has 2 aromatic rings. The molecule has 0 aromatic carbocycles. The van der Waals surface area contributed by atoms with E-state index >= 15 is 0 Å². The first-order valence-electron chi connectivity index (χ1n) is 7.54. The molecule has 0 spiro atoms. The van der Waals surface area contributed by atoms with Crippen LogP contribution in [-0.4, -0.2) is 62.6 Å². The fraction of sp³-hybridized carbons (Fsp3) is 0.571. The minimum atomic E-state index is 0.587. The molecule has 0 bridgehead atoms. The Balaban J connectivity index is 1.67. The van der Waals surface area contributed by atoms with E-state index in [9.17, 15) is 0 Å². The van der Waals surface area contributed by atoms with Crippen molar-refractivity contribution in [3.63, 3.8) is 0 Å². The Morgan fingerprint density at radius 1 is 0.909 bits per heavy atom. The van der Waals surface area contributed by atoms with Crippen LogP contribution in [0.2, 0.25) is 0 Å². The number of anilines is 3. The molecule has 0 amide bonds. The van der Waals surface area contributed by atoms with Crippen molar-refractivity contribution in [2.75, 3.05) is 68.1 Å². The van der Waals surface area contributed by atoms with Crippen molar-refractivity contribution in [1.82, 2.24) is 9.97 Å². The van der Waals surface area contributed by atoms with E-state index in [1.165, 1.54) is 0 Å². The fourth-order valence-corrected chi connectivity index (χ4v) is 2.78. The van der Waals surface area contributed by atoms with E-state index in [2.05, 4.69) is 19.8 Å². The normalized spacial score (nSPS) is 19.8. The van der Waals surface area contributed by atoms with Gasteiger partial charge in [0.05, 0.1) is 32.1 Å². The average Bonchev–Trinajstić information content (AvgIpc) is 2.98. The van der Waals surface area contributed by atoms with Crippen LogP contribution in [0.4, 0.5) is 17.5 Å². The van der Waals surface area contributed by atoms with Crippen LogP contribution >= 0.6 is 0 Å². The molecule has 0 saturated carbocycles. The Bertz CT molecular complexity index is 662. The summed E-state index contributed by atoms with van der Waals surface area (Å²) in [6.07, 6.45) is 0. The molecule has 8 heteroatoms. The third-order valence-electron chi connectivity index (χ3n) is 3.97. The zero-order valence-electron chi connectivity index (χ0n) is 12.3. The van der Waals surface area contributed by atoms with E-state index in [1.54, 1.807) is 0 Å². The molecular weight excluding hydrogens is 286 g/mol. The van der Waals surface area contributed by atoms with E-state index in [0.29, 0.717) is 49.4 Å². The highest BCUT2D eigenvalue weighted by atomic mass is 16.5. The standard InChI is InChI=1S/C14H19N5O3/c15-10-9-11-12(16-13(10)18-1-5-20-6-2-18)17-14(22-11)19-3-7-21-8-4-19/h9H,1-8,15H2. The first kappa shape index (κ1) is 13.6. The van der Waals surface area contributed by atoms with Crippen molar-refractivity contribution in [3.8, 4) is 0 Å². The minimum Gasteiger partial charge on any atom is -0.422 e. The molecule has 2 aromatic heterocycles. The summed E-state index contributed by atoms with van der Waals surface area (Å²) in [4.78, 5) is 13.3. The number of hydrogen-bond donors (Lipinski definition) is 1. The number of nitrogen functional groups attached to an aromatic ring is 1. The van der Waals surface area contributed by atoms with E-state index in [1.807, 2.05) is 6.07 Å². The molecular formula is C14H19N5O3. The summed E-state index contributed by atoms with van der Waals surface area (Å²) >= 11 is 0. The smallest absolute Gasteiger partial charge is 0.300 e. The number of nitrogens with two attached hydrogens (primary N) is 1. The van der Waals surface area contributed by atoms with Crippen LogP contribution in [0.1, 0.15) is 0 Å². The van der Waals surface area contributed by atoms with Crippen molar-refractivity contribution in [3.05, 3.63) is 6.07 Å². The predicted octanol–water partition coefficient (Wildman–Crippen LogP) is 0.478. The lowest BCUT2D eigenvalue weighted by molar-refractivity contribution is 0.120. The molecule has 2 N–H and O–H groups in total. The van der Waals surface area contributed by atoms with Gasteiger partial charge < -0.3 is 29.4 Å². The first-order chi connectivity index (χ1) is 10.8. The summed E-state index contributed by atoms with van der Waals surface area (Å²) in [5, 5.41) is 0. The molecule has 0 unspecified atom stereocenters. The van der Waals surface area contributed by atoms with Gasteiger partial charge in [0.2, 0.25) is 5.65 Å².